The Morgan fingerprint density at radius 1 is 0.738 bits per heavy atom. The Kier molecular flexibility index (Phi) is 18.5. The van der Waals surface area contributed by atoms with Crippen molar-refractivity contribution in [3.8, 4) is 17.2 Å². The fourth-order valence-electron chi connectivity index (χ4n) is 4.57. The average Bonchev–Trinajstić information content (AvgIpc) is 3.00. The molecule has 0 spiro atoms. The topological polar surface area (TPSA) is 86.2 Å². The minimum absolute atomic E-state index is 0.0892. The molecule has 0 saturated heterocycles. The number of benzene rings is 2. The molecule has 0 unspecified atom stereocenters. The summed E-state index contributed by atoms with van der Waals surface area (Å²) in [6.07, 6.45) is 20.7. The Labute approximate surface area is 253 Å². The number of ether oxygens (including phenoxy) is 3. The maximum absolute atomic E-state index is 12.6. The lowest BCUT2D eigenvalue weighted by Gasteiger charge is -2.10. The summed E-state index contributed by atoms with van der Waals surface area (Å²) in [6.45, 7) is 5.02. The second kappa shape index (κ2) is 22.3. The molecule has 42 heavy (non-hydrogen) atoms. The second-order valence-corrected chi connectivity index (χ2v) is 10.8. The molecule has 0 aliphatic carbocycles. The number of methoxy groups -OCH3 is 1. The molecule has 0 bridgehead atoms. The summed E-state index contributed by atoms with van der Waals surface area (Å²) in [5, 5.41) is 4.07. The first-order valence-electron chi connectivity index (χ1n) is 16.0. The van der Waals surface area contributed by atoms with E-state index >= 15 is 0 Å². The van der Waals surface area contributed by atoms with Crippen LogP contribution in [-0.4, -0.2) is 31.8 Å². The van der Waals surface area contributed by atoms with Gasteiger partial charge in [-0.05, 0) is 60.9 Å². The Bertz CT molecular complexity index is 1050. The number of carbonyl (C=O) groups is 2. The number of hydrogen-bond acceptors (Lipinski definition) is 6. The summed E-state index contributed by atoms with van der Waals surface area (Å²) in [7, 11) is 1.51. The highest BCUT2D eigenvalue weighted by Crippen LogP contribution is 2.28. The first kappa shape index (κ1) is 34.8. The van der Waals surface area contributed by atoms with Crippen molar-refractivity contribution in [3.63, 3.8) is 0 Å². The van der Waals surface area contributed by atoms with E-state index < -0.39 is 5.97 Å². The number of hydrazone groups is 1. The molecule has 0 fully saturated rings. The number of nitrogens with zero attached hydrogens (tertiary/aromatic N) is 1. The molecule has 0 saturated carbocycles. The van der Waals surface area contributed by atoms with Gasteiger partial charge in [0.05, 0.1) is 25.5 Å². The van der Waals surface area contributed by atoms with E-state index in [9.17, 15) is 9.59 Å². The van der Waals surface area contributed by atoms with Crippen LogP contribution in [0.1, 0.15) is 133 Å². The van der Waals surface area contributed by atoms with Gasteiger partial charge >= 0.3 is 5.97 Å². The molecule has 2 rings (SSSR count). The van der Waals surface area contributed by atoms with Gasteiger partial charge < -0.3 is 14.2 Å². The van der Waals surface area contributed by atoms with Crippen molar-refractivity contribution < 1.29 is 23.8 Å². The number of rotatable bonds is 23. The molecular formula is C35H52N2O5. The first-order chi connectivity index (χ1) is 20.6. The number of nitrogens with one attached hydrogen (secondary N) is 1. The van der Waals surface area contributed by atoms with Gasteiger partial charge in [0, 0.05) is 6.42 Å². The van der Waals surface area contributed by atoms with E-state index in [0.717, 1.165) is 31.4 Å². The molecule has 1 N–H and O–H groups in total. The molecule has 232 valence electrons. The predicted octanol–water partition coefficient (Wildman–Crippen LogP) is 9.02. The maximum atomic E-state index is 12.6. The number of carbonyl (C=O) groups excluding carboxylic acids is 2. The molecule has 0 aliphatic heterocycles. The van der Waals surface area contributed by atoms with Gasteiger partial charge in [-0.3, -0.25) is 4.79 Å². The fraction of sp³-hybridized carbons (Fsp3) is 0.571. The minimum Gasteiger partial charge on any atom is -0.494 e. The van der Waals surface area contributed by atoms with E-state index in [2.05, 4.69) is 24.4 Å². The van der Waals surface area contributed by atoms with Gasteiger partial charge in [-0.15, -0.1) is 0 Å². The Morgan fingerprint density at radius 3 is 1.93 bits per heavy atom. The largest absolute Gasteiger partial charge is 0.494 e. The molecule has 0 aliphatic rings. The second-order valence-electron chi connectivity index (χ2n) is 10.8. The van der Waals surface area contributed by atoms with E-state index in [-0.39, 0.29) is 5.91 Å². The number of amides is 1. The van der Waals surface area contributed by atoms with Crippen molar-refractivity contribution in [1.29, 1.82) is 0 Å². The summed E-state index contributed by atoms with van der Waals surface area (Å²) in [5.74, 6) is 0.834. The fourth-order valence-corrected chi connectivity index (χ4v) is 4.57. The SMILES string of the molecule is CCCCCCCCCCCCCCCC(=O)N/N=C\c1ccc(OC(=O)c2ccc(OCCCC)cc2)c(OC)c1. The van der Waals surface area contributed by atoms with Crippen LogP contribution in [0.15, 0.2) is 47.6 Å². The lowest BCUT2D eigenvalue weighted by molar-refractivity contribution is -0.121. The van der Waals surface area contributed by atoms with Gasteiger partial charge in [0.1, 0.15) is 5.75 Å². The van der Waals surface area contributed by atoms with Crippen molar-refractivity contribution >= 4 is 18.1 Å². The molecule has 0 aromatic heterocycles. The molecule has 0 atom stereocenters. The summed E-state index contributed by atoms with van der Waals surface area (Å²) in [4.78, 5) is 24.8. The minimum atomic E-state index is -0.491. The van der Waals surface area contributed by atoms with E-state index in [1.54, 1.807) is 48.7 Å². The zero-order chi connectivity index (χ0) is 30.3. The molecule has 7 heteroatoms. The average molecular weight is 581 g/mol. The van der Waals surface area contributed by atoms with Crippen LogP contribution in [0.3, 0.4) is 0 Å². The number of unbranched alkanes of at least 4 members (excludes halogenated alkanes) is 13. The Hall–Kier alpha value is -3.35. The van der Waals surface area contributed by atoms with E-state index in [0.29, 0.717) is 35.7 Å². The molecule has 0 heterocycles. The smallest absolute Gasteiger partial charge is 0.343 e. The molecular weight excluding hydrogens is 528 g/mol. The van der Waals surface area contributed by atoms with Crippen molar-refractivity contribution in [2.45, 2.75) is 117 Å². The molecule has 2 aromatic rings. The predicted molar refractivity (Wildman–Crippen MR) is 171 cm³/mol. The van der Waals surface area contributed by atoms with Crippen LogP contribution in [0.2, 0.25) is 0 Å². The van der Waals surface area contributed by atoms with Crippen LogP contribution >= 0.6 is 0 Å². The zero-order valence-electron chi connectivity index (χ0n) is 26.1. The van der Waals surface area contributed by atoms with Gasteiger partial charge in [0.25, 0.3) is 0 Å². The van der Waals surface area contributed by atoms with E-state index in [1.165, 1.54) is 77.7 Å². The maximum Gasteiger partial charge on any atom is 0.343 e. The standard InChI is InChI=1S/C35H52N2O5/c1-4-6-8-9-10-11-12-13-14-15-16-17-18-19-34(38)37-36-28-29-20-25-32(33(27-29)40-3)42-35(39)30-21-23-31(24-22-30)41-26-7-5-2/h20-25,27-28H,4-19,26H2,1-3H3,(H,37,38)/b36-28-. The van der Waals surface area contributed by atoms with E-state index in [1.807, 2.05) is 0 Å². The van der Waals surface area contributed by atoms with Crippen molar-refractivity contribution in [2.24, 2.45) is 5.10 Å². The molecule has 2 aromatic carbocycles. The number of esters is 1. The van der Waals surface area contributed by atoms with Gasteiger partial charge in [0.2, 0.25) is 5.91 Å². The summed E-state index contributed by atoms with van der Waals surface area (Å²) < 4.78 is 16.6. The third-order valence-electron chi connectivity index (χ3n) is 7.16. The van der Waals surface area contributed by atoms with Gasteiger partial charge in [-0.2, -0.15) is 5.10 Å². The van der Waals surface area contributed by atoms with Crippen LogP contribution in [0.4, 0.5) is 0 Å². The molecule has 0 radical (unpaired) electrons. The van der Waals surface area contributed by atoms with Crippen LogP contribution in [0.25, 0.3) is 0 Å². The van der Waals surface area contributed by atoms with Crippen molar-refractivity contribution in [1.82, 2.24) is 5.43 Å². The summed E-state index contributed by atoms with van der Waals surface area (Å²) in [6, 6.07) is 12.0. The van der Waals surface area contributed by atoms with Crippen molar-refractivity contribution in [3.05, 3.63) is 53.6 Å². The molecule has 7 nitrogen and oxygen atoms in total. The summed E-state index contributed by atoms with van der Waals surface area (Å²) in [5.41, 5.74) is 3.72. The first-order valence-corrected chi connectivity index (χ1v) is 16.0. The third-order valence-corrected chi connectivity index (χ3v) is 7.16. The van der Waals surface area contributed by atoms with E-state index in [4.69, 9.17) is 14.2 Å². The Morgan fingerprint density at radius 2 is 1.33 bits per heavy atom. The van der Waals surface area contributed by atoms with Crippen LogP contribution in [0.5, 0.6) is 17.2 Å². The normalized spacial score (nSPS) is 11.0. The van der Waals surface area contributed by atoms with Crippen molar-refractivity contribution in [2.75, 3.05) is 13.7 Å². The van der Waals surface area contributed by atoms with Gasteiger partial charge in [0.15, 0.2) is 11.5 Å². The third kappa shape index (κ3) is 15.0. The summed E-state index contributed by atoms with van der Waals surface area (Å²) >= 11 is 0. The highest BCUT2D eigenvalue weighted by Gasteiger charge is 2.13. The monoisotopic (exact) mass is 580 g/mol. The zero-order valence-corrected chi connectivity index (χ0v) is 26.1. The quantitative estimate of drug-likeness (QED) is 0.0466. The highest BCUT2D eigenvalue weighted by molar-refractivity contribution is 5.91. The lowest BCUT2D eigenvalue weighted by atomic mass is 10.0. The van der Waals surface area contributed by atoms with Crippen LogP contribution < -0.4 is 19.6 Å². The van der Waals surface area contributed by atoms with Crippen LogP contribution in [0, 0.1) is 0 Å². The van der Waals surface area contributed by atoms with Gasteiger partial charge in [-0.25, -0.2) is 10.2 Å². The highest BCUT2D eigenvalue weighted by atomic mass is 16.6. The lowest BCUT2D eigenvalue weighted by Crippen LogP contribution is -2.16. The Balaban J connectivity index is 1.64. The van der Waals surface area contributed by atoms with Crippen LogP contribution in [-0.2, 0) is 4.79 Å². The number of hydrogen-bond donors (Lipinski definition) is 1. The molecule has 1 amide bonds. The van der Waals surface area contributed by atoms with Gasteiger partial charge in [-0.1, -0.05) is 97.3 Å².